The minimum Gasteiger partial charge on any atom is -0.506 e. The average molecular weight is 260 g/mol. The van der Waals surface area contributed by atoms with E-state index in [1.54, 1.807) is 4.98 Å². The summed E-state index contributed by atoms with van der Waals surface area (Å²) in [6.45, 7) is 0. The predicted molar refractivity (Wildman–Crippen MR) is 46.7 cm³/mol. The van der Waals surface area contributed by atoms with Crippen LogP contribution in [0, 0.1) is 0 Å². The highest BCUT2D eigenvalue weighted by molar-refractivity contribution is 8.13. The topological polar surface area (TPSA) is 87.2 Å². The molecule has 0 aliphatic heterocycles. The van der Waals surface area contributed by atoms with Crippen molar-refractivity contribution in [2.75, 3.05) is 0 Å². The lowest BCUT2D eigenvalue weighted by Crippen LogP contribution is -2.15. The van der Waals surface area contributed by atoms with Crippen LogP contribution in [0.4, 0.5) is 8.78 Å². The monoisotopic (exact) mass is 259 g/mol. The van der Waals surface area contributed by atoms with Crippen molar-refractivity contribution in [3.05, 3.63) is 22.1 Å². The van der Waals surface area contributed by atoms with E-state index < -0.39 is 37.2 Å². The third-order valence-corrected chi connectivity index (χ3v) is 2.86. The van der Waals surface area contributed by atoms with Gasteiger partial charge in [0, 0.05) is 16.9 Å². The second-order valence-electron chi connectivity index (χ2n) is 2.49. The zero-order valence-electron chi connectivity index (χ0n) is 6.87. The SMILES string of the molecule is O=c1[nH]cc(C(F)F)c(O)c1S(=O)(=O)Cl. The number of rotatable bonds is 2. The highest BCUT2D eigenvalue weighted by atomic mass is 35.7. The smallest absolute Gasteiger partial charge is 0.271 e. The normalized spacial score (nSPS) is 12.0. The highest BCUT2D eigenvalue weighted by Gasteiger charge is 2.26. The fourth-order valence-corrected chi connectivity index (χ4v) is 1.97. The number of pyridine rings is 1. The van der Waals surface area contributed by atoms with Crippen LogP contribution in [-0.2, 0) is 9.05 Å². The van der Waals surface area contributed by atoms with Crippen LogP contribution in [0.25, 0.3) is 0 Å². The largest absolute Gasteiger partial charge is 0.506 e. The molecular formula is C6H4ClF2NO4S. The number of aromatic nitrogens is 1. The minimum atomic E-state index is -4.58. The molecule has 0 spiro atoms. The Morgan fingerprint density at radius 2 is 2.00 bits per heavy atom. The molecule has 1 aromatic heterocycles. The van der Waals surface area contributed by atoms with Crippen LogP contribution in [0.15, 0.2) is 15.9 Å². The first-order chi connectivity index (χ1) is 6.75. The number of aromatic amines is 1. The maximum absolute atomic E-state index is 12.2. The lowest BCUT2D eigenvalue weighted by molar-refractivity contribution is 0.146. The zero-order chi connectivity index (χ0) is 11.8. The molecule has 0 aliphatic carbocycles. The van der Waals surface area contributed by atoms with Gasteiger partial charge in [0.1, 0.15) is 0 Å². The number of nitrogens with one attached hydrogen (secondary N) is 1. The van der Waals surface area contributed by atoms with Crippen LogP contribution >= 0.6 is 10.7 Å². The van der Waals surface area contributed by atoms with Crippen LogP contribution in [-0.4, -0.2) is 18.5 Å². The van der Waals surface area contributed by atoms with E-state index in [0.29, 0.717) is 6.20 Å². The summed E-state index contributed by atoms with van der Waals surface area (Å²) in [5.74, 6) is -1.33. The molecule has 0 fully saturated rings. The maximum Gasteiger partial charge on any atom is 0.271 e. The Kier molecular flexibility index (Phi) is 3.00. The van der Waals surface area contributed by atoms with Gasteiger partial charge in [0.05, 0.1) is 5.56 Å². The van der Waals surface area contributed by atoms with Gasteiger partial charge in [-0.05, 0) is 0 Å². The van der Waals surface area contributed by atoms with Crippen molar-refractivity contribution in [1.29, 1.82) is 0 Å². The van der Waals surface area contributed by atoms with E-state index in [4.69, 9.17) is 15.8 Å². The average Bonchev–Trinajstić information content (AvgIpc) is 2.00. The van der Waals surface area contributed by atoms with Gasteiger partial charge in [0.15, 0.2) is 10.6 Å². The molecule has 0 saturated carbocycles. The lowest BCUT2D eigenvalue weighted by atomic mass is 10.3. The molecule has 0 saturated heterocycles. The molecule has 1 aromatic rings. The zero-order valence-corrected chi connectivity index (χ0v) is 8.44. The van der Waals surface area contributed by atoms with Gasteiger partial charge in [-0.2, -0.15) is 0 Å². The van der Waals surface area contributed by atoms with Crippen LogP contribution in [0.5, 0.6) is 5.75 Å². The quantitative estimate of drug-likeness (QED) is 0.774. The van der Waals surface area contributed by atoms with Crippen LogP contribution in [0.2, 0.25) is 0 Å². The van der Waals surface area contributed by atoms with E-state index in [-0.39, 0.29) is 0 Å². The molecule has 9 heteroatoms. The van der Waals surface area contributed by atoms with Gasteiger partial charge in [-0.3, -0.25) is 4.79 Å². The first kappa shape index (κ1) is 11.9. The van der Waals surface area contributed by atoms with Gasteiger partial charge in [0.2, 0.25) is 0 Å². The third-order valence-electron chi connectivity index (χ3n) is 1.53. The summed E-state index contributed by atoms with van der Waals surface area (Å²) >= 11 is 0. The summed E-state index contributed by atoms with van der Waals surface area (Å²) < 4.78 is 46.0. The van der Waals surface area contributed by atoms with Crippen molar-refractivity contribution in [3.8, 4) is 5.75 Å². The summed E-state index contributed by atoms with van der Waals surface area (Å²) in [6.07, 6.45) is -2.60. The summed E-state index contributed by atoms with van der Waals surface area (Å²) in [5.41, 5.74) is -2.26. The summed E-state index contributed by atoms with van der Waals surface area (Å²) in [7, 11) is 0.218. The standard InChI is InChI=1S/C6H4ClF2NO4S/c7-15(13,14)4-3(11)2(5(8)9)1-10-6(4)12/h1,5H,(H2,10,11,12). The Morgan fingerprint density at radius 3 is 2.40 bits per heavy atom. The van der Waals surface area contributed by atoms with Gasteiger partial charge < -0.3 is 10.1 Å². The lowest BCUT2D eigenvalue weighted by Gasteiger charge is -2.05. The van der Waals surface area contributed by atoms with Crippen molar-refractivity contribution < 1.29 is 22.3 Å². The summed E-state index contributed by atoms with van der Waals surface area (Å²) in [5, 5.41) is 9.11. The van der Waals surface area contributed by atoms with Crippen molar-refractivity contribution in [3.63, 3.8) is 0 Å². The minimum absolute atomic E-state index is 0.522. The number of hydrogen-bond acceptors (Lipinski definition) is 4. The van der Waals surface area contributed by atoms with E-state index in [2.05, 4.69) is 0 Å². The molecule has 0 atom stereocenters. The van der Waals surface area contributed by atoms with E-state index in [1.807, 2.05) is 0 Å². The van der Waals surface area contributed by atoms with Gasteiger partial charge in [0.25, 0.3) is 21.0 Å². The molecule has 0 aliphatic rings. The summed E-state index contributed by atoms with van der Waals surface area (Å²) in [4.78, 5) is 11.4. The number of H-pyrrole nitrogens is 1. The van der Waals surface area contributed by atoms with E-state index in [1.165, 1.54) is 0 Å². The molecule has 84 valence electrons. The molecule has 0 aromatic carbocycles. The van der Waals surface area contributed by atoms with Crippen LogP contribution in [0.1, 0.15) is 12.0 Å². The Hall–Kier alpha value is -1.15. The van der Waals surface area contributed by atoms with Gasteiger partial charge in [-0.25, -0.2) is 17.2 Å². The van der Waals surface area contributed by atoms with Crippen molar-refractivity contribution >= 4 is 19.7 Å². The van der Waals surface area contributed by atoms with E-state index in [0.717, 1.165) is 0 Å². The molecular weight excluding hydrogens is 256 g/mol. The van der Waals surface area contributed by atoms with Gasteiger partial charge in [-0.1, -0.05) is 0 Å². The molecule has 1 heterocycles. The van der Waals surface area contributed by atoms with Gasteiger partial charge in [-0.15, -0.1) is 0 Å². The molecule has 2 N–H and O–H groups in total. The maximum atomic E-state index is 12.2. The molecule has 15 heavy (non-hydrogen) atoms. The fourth-order valence-electron chi connectivity index (χ4n) is 0.908. The molecule has 0 radical (unpaired) electrons. The Balaban J connectivity index is 3.66. The molecule has 0 unspecified atom stereocenters. The van der Waals surface area contributed by atoms with Crippen molar-refractivity contribution in [2.24, 2.45) is 0 Å². The molecule has 5 nitrogen and oxygen atoms in total. The number of halogens is 3. The Morgan fingerprint density at radius 1 is 1.47 bits per heavy atom. The van der Waals surface area contributed by atoms with Crippen LogP contribution < -0.4 is 5.56 Å². The van der Waals surface area contributed by atoms with Crippen molar-refractivity contribution in [2.45, 2.75) is 11.3 Å². The van der Waals surface area contributed by atoms with E-state index in [9.17, 15) is 22.0 Å². The first-order valence-electron chi connectivity index (χ1n) is 3.42. The predicted octanol–water partition coefficient (Wildman–Crippen LogP) is 0.946. The molecule has 0 amide bonds. The fraction of sp³-hybridized carbons (Fsp3) is 0.167. The third kappa shape index (κ3) is 2.26. The number of aromatic hydroxyl groups is 1. The Labute approximate surface area is 86.7 Å². The Bertz CT molecular complexity index is 539. The second kappa shape index (κ2) is 3.78. The number of hydrogen-bond donors (Lipinski definition) is 2. The summed E-state index contributed by atoms with van der Waals surface area (Å²) in [6, 6.07) is 0. The molecule has 1 rings (SSSR count). The van der Waals surface area contributed by atoms with E-state index >= 15 is 0 Å². The van der Waals surface area contributed by atoms with Gasteiger partial charge >= 0.3 is 0 Å². The highest BCUT2D eigenvalue weighted by Crippen LogP contribution is 2.31. The van der Waals surface area contributed by atoms with Crippen LogP contribution in [0.3, 0.4) is 0 Å². The number of alkyl halides is 2. The first-order valence-corrected chi connectivity index (χ1v) is 5.73. The van der Waals surface area contributed by atoms with Crippen molar-refractivity contribution in [1.82, 2.24) is 4.98 Å². The molecule has 0 bridgehead atoms. The second-order valence-corrected chi connectivity index (χ2v) is 4.99.